The lowest BCUT2D eigenvalue weighted by Gasteiger charge is -2.05. The fourth-order valence-electron chi connectivity index (χ4n) is 2.58. The highest BCUT2D eigenvalue weighted by molar-refractivity contribution is 7.15. The average Bonchev–Trinajstić information content (AvgIpc) is 3.03. The van der Waals surface area contributed by atoms with E-state index in [0.717, 1.165) is 21.9 Å². The highest BCUT2D eigenvalue weighted by Crippen LogP contribution is 2.36. The van der Waals surface area contributed by atoms with Gasteiger partial charge in [0, 0.05) is 28.3 Å². The summed E-state index contributed by atoms with van der Waals surface area (Å²) in [7, 11) is 0. The minimum absolute atomic E-state index is 0.00246. The van der Waals surface area contributed by atoms with E-state index >= 15 is 0 Å². The fraction of sp³-hybridized carbons (Fsp3) is 0.312. The molecule has 1 aromatic carbocycles. The molecule has 1 saturated carbocycles. The Labute approximate surface area is 132 Å². The van der Waals surface area contributed by atoms with Crippen molar-refractivity contribution in [3.05, 3.63) is 39.9 Å². The van der Waals surface area contributed by atoms with Gasteiger partial charge in [0.05, 0.1) is 5.69 Å². The van der Waals surface area contributed by atoms with Gasteiger partial charge >= 0.3 is 0 Å². The molecule has 108 valence electrons. The molecule has 0 radical (unpaired) electrons. The van der Waals surface area contributed by atoms with Gasteiger partial charge in [0.15, 0.2) is 0 Å². The molecule has 5 heteroatoms. The number of hydrogen-bond acceptors (Lipinski definition) is 4. The number of nitrogens with zero attached hydrogens (tertiary/aromatic N) is 1. The molecule has 0 bridgehead atoms. The third-order valence-corrected chi connectivity index (χ3v) is 5.19. The van der Waals surface area contributed by atoms with Gasteiger partial charge in [-0.1, -0.05) is 30.7 Å². The second kappa shape index (κ2) is 5.70. The Morgan fingerprint density at radius 3 is 2.38 bits per heavy atom. The number of ketones is 2. The highest BCUT2D eigenvalue weighted by Gasteiger charge is 2.37. The van der Waals surface area contributed by atoms with Gasteiger partial charge in [0.1, 0.15) is 22.5 Å². The molecule has 1 aliphatic rings. The summed E-state index contributed by atoms with van der Waals surface area (Å²) in [5, 5.41) is 1.51. The van der Waals surface area contributed by atoms with E-state index < -0.39 is 5.92 Å². The molecule has 0 unspecified atom stereocenters. The first kappa shape index (κ1) is 14.4. The monoisotopic (exact) mass is 319 g/mol. The van der Waals surface area contributed by atoms with Crippen molar-refractivity contribution in [2.24, 2.45) is 0 Å². The number of Topliss-reactive ketones (excluding diaryl/α,β-unsaturated/α-hetero) is 2. The van der Waals surface area contributed by atoms with E-state index in [2.05, 4.69) is 4.98 Å². The van der Waals surface area contributed by atoms with Crippen molar-refractivity contribution in [2.45, 2.75) is 32.1 Å². The second-order valence-corrected chi connectivity index (χ2v) is 6.57. The summed E-state index contributed by atoms with van der Waals surface area (Å²) < 4.78 is 0. The van der Waals surface area contributed by atoms with Crippen molar-refractivity contribution in [1.29, 1.82) is 0 Å². The van der Waals surface area contributed by atoms with Crippen LogP contribution in [0.3, 0.4) is 0 Å². The number of halogens is 1. The SMILES string of the molecule is CCc1sc(-c2ccc(Cl)cc2)nc1C1C(=O)CCC1=O. The third-order valence-electron chi connectivity index (χ3n) is 3.68. The van der Waals surface area contributed by atoms with Crippen molar-refractivity contribution in [2.75, 3.05) is 0 Å². The molecule has 1 aliphatic carbocycles. The number of aromatic nitrogens is 1. The van der Waals surface area contributed by atoms with Crippen LogP contribution in [-0.2, 0) is 16.0 Å². The topological polar surface area (TPSA) is 47.0 Å². The predicted molar refractivity (Wildman–Crippen MR) is 83.9 cm³/mol. The van der Waals surface area contributed by atoms with Crippen LogP contribution in [0.1, 0.15) is 36.3 Å². The summed E-state index contributed by atoms with van der Waals surface area (Å²) in [5.74, 6) is -0.637. The molecular formula is C16H14ClNO2S. The molecule has 1 fully saturated rings. The summed E-state index contributed by atoms with van der Waals surface area (Å²) in [6.45, 7) is 2.02. The Morgan fingerprint density at radius 2 is 1.81 bits per heavy atom. The van der Waals surface area contributed by atoms with Gasteiger partial charge in [-0.05, 0) is 18.6 Å². The van der Waals surface area contributed by atoms with Gasteiger partial charge in [-0.25, -0.2) is 4.98 Å². The summed E-state index contributed by atoms with van der Waals surface area (Å²) >= 11 is 7.45. The molecule has 0 saturated heterocycles. The first-order valence-corrected chi connectivity index (χ1v) is 8.10. The number of aryl methyl sites for hydroxylation is 1. The first-order valence-electron chi connectivity index (χ1n) is 6.91. The molecule has 2 aromatic rings. The zero-order valence-electron chi connectivity index (χ0n) is 11.6. The van der Waals surface area contributed by atoms with Crippen LogP contribution in [0.15, 0.2) is 24.3 Å². The molecule has 1 aromatic heterocycles. The summed E-state index contributed by atoms with van der Waals surface area (Å²) in [6, 6.07) is 7.44. The van der Waals surface area contributed by atoms with Crippen LogP contribution in [0, 0.1) is 0 Å². The Morgan fingerprint density at radius 1 is 1.19 bits per heavy atom. The lowest BCUT2D eigenvalue weighted by molar-refractivity contribution is -0.123. The smallest absolute Gasteiger partial charge is 0.149 e. The molecule has 3 rings (SSSR count). The maximum atomic E-state index is 12.0. The van der Waals surface area contributed by atoms with Crippen LogP contribution < -0.4 is 0 Å². The fourth-order valence-corrected chi connectivity index (χ4v) is 3.75. The van der Waals surface area contributed by atoms with E-state index in [-0.39, 0.29) is 11.6 Å². The second-order valence-electron chi connectivity index (χ2n) is 5.05. The van der Waals surface area contributed by atoms with Crippen LogP contribution in [0.4, 0.5) is 0 Å². The van der Waals surface area contributed by atoms with E-state index in [0.29, 0.717) is 23.6 Å². The number of carbonyl (C=O) groups is 2. The lowest BCUT2D eigenvalue weighted by atomic mass is 10.0. The van der Waals surface area contributed by atoms with Gasteiger partial charge in [-0.2, -0.15) is 0 Å². The lowest BCUT2D eigenvalue weighted by Crippen LogP contribution is -2.14. The van der Waals surface area contributed by atoms with Gasteiger partial charge in [0.25, 0.3) is 0 Å². The summed E-state index contributed by atoms with van der Waals surface area (Å²) in [6.07, 6.45) is 1.47. The number of carbonyl (C=O) groups excluding carboxylic acids is 2. The minimum Gasteiger partial charge on any atom is -0.298 e. The van der Waals surface area contributed by atoms with Crippen molar-refractivity contribution < 1.29 is 9.59 Å². The minimum atomic E-state index is -0.641. The average molecular weight is 320 g/mol. The first-order chi connectivity index (χ1) is 10.1. The Hall–Kier alpha value is -1.52. The van der Waals surface area contributed by atoms with Gasteiger partial charge in [-0.3, -0.25) is 9.59 Å². The maximum absolute atomic E-state index is 12.0. The molecule has 1 heterocycles. The molecule has 0 spiro atoms. The Kier molecular flexibility index (Phi) is 3.91. The van der Waals surface area contributed by atoms with E-state index in [1.807, 2.05) is 31.2 Å². The van der Waals surface area contributed by atoms with E-state index in [4.69, 9.17) is 11.6 Å². The van der Waals surface area contributed by atoms with Crippen molar-refractivity contribution >= 4 is 34.5 Å². The zero-order chi connectivity index (χ0) is 15.0. The molecule has 3 nitrogen and oxygen atoms in total. The molecule has 0 aliphatic heterocycles. The Balaban J connectivity index is 2.04. The standard InChI is InChI=1S/C16H14ClNO2S/c1-2-13-15(14-11(19)7-8-12(14)20)18-16(21-13)9-3-5-10(17)6-4-9/h3-6,14H,2,7-8H2,1H3. The zero-order valence-corrected chi connectivity index (χ0v) is 13.1. The number of rotatable bonds is 3. The molecule has 0 N–H and O–H groups in total. The third kappa shape index (κ3) is 2.65. The number of benzene rings is 1. The van der Waals surface area contributed by atoms with Crippen molar-refractivity contribution in [3.63, 3.8) is 0 Å². The maximum Gasteiger partial charge on any atom is 0.149 e. The molecular weight excluding hydrogens is 306 g/mol. The molecule has 0 amide bonds. The van der Waals surface area contributed by atoms with E-state index in [1.165, 1.54) is 0 Å². The summed E-state index contributed by atoms with van der Waals surface area (Å²) in [4.78, 5) is 29.6. The van der Waals surface area contributed by atoms with Crippen LogP contribution >= 0.6 is 22.9 Å². The van der Waals surface area contributed by atoms with Crippen LogP contribution in [0.5, 0.6) is 0 Å². The van der Waals surface area contributed by atoms with Crippen LogP contribution in [0.25, 0.3) is 10.6 Å². The number of hydrogen-bond donors (Lipinski definition) is 0. The van der Waals surface area contributed by atoms with E-state index in [1.54, 1.807) is 11.3 Å². The Bertz CT molecular complexity index is 690. The van der Waals surface area contributed by atoms with Gasteiger partial charge in [-0.15, -0.1) is 11.3 Å². The largest absolute Gasteiger partial charge is 0.298 e. The normalized spacial score (nSPS) is 15.9. The molecule has 0 atom stereocenters. The van der Waals surface area contributed by atoms with E-state index in [9.17, 15) is 9.59 Å². The van der Waals surface area contributed by atoms with Crippen molar-refractivity contribution in [3.8, 4) is 10.6 Å². The van der Waals surface area contributed by atoms with Crippen LogP contribution in [-0.4, -0.2) is 16.6 Å². The van der Waals surface area contributed by atoms with Crippen LogP contribution in [0.2, 0.25) is 5.02 Å². The predicted octanol–water partition coefficient (Wildman–Crippen LogP) is 4.04. The van der Waals surface area contributed by atoms with Gasteiger partial charge < -0.3 is 0 Å². The molecule has 21 heavy (non-hydrogen) atoms. The van der Waals surface area contributed by atoms with Gasteiger partial charge in [0.2, 0.25) is 0 Å². The summed E-state index contributed by atoms with van der Waals surface area (Å²) in [5.41, 5.74) is 1.63. The number of thiazole rings is 1. The quantitative estimate of drug-likeness (QED) is 0.802. The highest BCUT2D eigenvalue weighted by atomic mass is 35.5. The van der Waals surface area contributed by atoms with Crippen molar-refractivity contribution in [1.82, 2.24) is 4.98 Å².